The van der Waals surface area contributed by atoms with Crippen LogP contribution in [-0.4, -0.2) is 8.07 Å². The normalized spacial score (nSPS) is 16.6. The largest absolute Gasteiger partial charge is 0.0800 e. The van der Waals surface area contributed by atoms with Crippen molar-refractivity contribution in [2.75, 3.05) is 0 Å². The second-order valence-corrected chi connectivity index (χ2v) is 17.4. The molecule has 1 atom stereocenters. The highest BCUT2D eigenvalue weighted by Gasteiger charge is 2.45. The first-order valence-corrected chi connectivity index (χ1v) is 15.7. The monoisotopic (exact) mass is 464 g/mol. The van der Waals surface area contributed by atoms with Crippen molar-refractivity contribution in [3.05, 3.63) is 130 Å². The Morgan fingerprint density at radius 2 is 1.06 bits per heavy atom. The standard InChI is InChI=1S/C33H40Si/c1-24-12-9-15-27(20-24)33(28-16-10-13-25(2)21-28,29-17-11-14-26(3)22-29)30-18-19-31(23-30)34(7,8)32(4,5)6/h9-23,31H,1-8H3. The van der Waals surface area contributed by atoms with E-state index in [4.69, 9.17) is 0 Å². The van der Waals surface area contributed by atoms with E-state index in [1.165, 1.54) is 39.0 Å². The van der Waals surface area contributed by atoms with E-state index < -0.39 is 8.07 Å². The maximum atomic E-state index is 2.62. The van der Waals surface area contributed by atoms with Gasteiger partial charge in [0.25, 0.3) is 0 Å². The lowest BCUT2D eigenvalue weighted by Crippen LogP contribution is -2.40. The Labute approximate surface area is 208 Å². The molecule has 1 aliphatic carbocycles. The lowest BCUT2D eigenvalue weighted by molar-refractivity contribution is 0.709. The molecule has 0 bridgehead atoms. The highest BCUT2D eigenvalue weighted by Crippen LogP contribution is 2.53. The predicted molar refractivity (Wildman–Crippen MR) is 152 cm³/mol. The molecule has 0 heterocycles. The van der Waals surface area contributed by atoms with Crippen molar-refractivity contribution in [1.82, 2.24) is 0 Å². The summed E-state index contributed by atoms with van der Waals surface area (Å²) in [5, 5.41) is 0.326. The number of allylic oxidation sites excluding steroid dienone is 4. The highest BCUT2D eigenvalue weighted by atomic mass is 28.3. The van der Waals surface area contributed by atoms with Crippen molar-refractivity contribution < 1.29 is 0 Å². The molecule has 1 aliphatic rings. The Hall–Kier alpha value is -2.64. The van der Waals surface area contributed by atoms with Crippen molar-refractivity contribution in [1.29, 1.82) is 0 Å². The van der Waals surface area contributed by atoms with E-state index in [9.17, 15) is 0 Å². The van der Waals surface area contributed by atoms with Crippen LogP contribution in [0.4, 0.5) is 0 Å². The Balaban J connectivity index is 2.08. The van der Waals surface area contributed by atoms with Gasteiger partial charge >= 0.3 is 0 Å². The average Bonchev–Trinajstić information content (AvgIpc) is 3.25. The number of benzene rings is 3. The van der Waals surface area contributed by atoms with Gasteiger partial charge in [0.1, 0.15) is 0 Å². The van der Waals surface area contributed by atoms with Crippen molar-refractivity contribution in [3.63, 3.8) is 0 Å². The molecule has 0 N–H and O–H groups in total. The van der Waals surface area contributed by atoms with Crippen LogP contribution in [0.15, 0.2) is 96.6 Å². The smallest absolute Gasteiger partial charge is 0.0698 e. The SMILES string of the molecule is Cc1cccc(C(C2=CC([Si](C)(C)C(C)(C)C)C=C2)(c2cccc(C)c2)c2cccc(C)c2)c1. The zero-order valence-corrected chi connectivity index (χ0v) is 23.2. The molecule has 34 heavy (non-hydrogen) atoms. The number of hydrogen-bond acceptors (Lipinski definition) is 0. The van der Waals surface area contributed by atoms with Crippen LogP contribution in [0.3, 0.4) is 0 Å². The van der Waals surface area contributed by atoms with Gasteiger partial charge in [-0.1, -0.05) is 142 Å². The third kappa shape index (κ3) is 4.16. The fraction of sp³-hybridized carbons (Fsp3) is 0.333. The summed E-state index contributed by atoms with van der Waals surface area (Å²) in [5.74, 6) is 0. The van der Waals surface area contributed by atoms with Crippen LogP contribution < -0.4 is 0 Å². The summed E-state index contributed by atoms with van der Waals surface area (Å²) in [7, 11) is -1.59. The van der Waals surface area contributed by atoms with Crippen molar-refractivity contribution in [2.24, 2.45) is 0 Å². The van der Waals surface area contributed by atoms with Gasteiger partial charge in [0.15, 0.2) is 0 Å². The molecule has 0 aliphatic heterocycles. The first-order chi connectivity index (χ1) is 16.0. The molecule has 0 aromatic heterocycles. The van der Waals surface area contributed by atoms with Gasteiger partial charge in [-0.05, 0) is 53.6 Å². The average molecular weight is 465 g/mol. The van der Waals surface area contributed by atoms with Crippen LogP contribution in [0.1, 0.15) is 54.2 Å². The number of rotatable bonds is 5. The van der Waals surface area contributed by atoms with E-state index in [0.29, 0.717) is 10.6 Å². The highest BCUT2D eigenvalue weighted by molar-refractivity contribution is 6.82. The fourth-order valence-electron chi connectivity index (χ4n) is 5.35. The summed E-state index contributed by atoms with van der Waals surface area (Å²) in [5.41, 5.74) is 9.49. The molecule has 4 rings (SSSR count). The first kappa shape index (κ1) is 24.5. The molecule has 0 saturated heterocycles. The van der Waals surface area contributed by atoms with Gasteiger partial charge in [0.05, 0.1) is 13.5 Å². The van der Waals surface area contributed by atoms with Crippen molar-refractivity contribution in [2.45, 2.75) is 70.6 Å². The lowest BCUT2D eigenvalue weighted by atomic mass is 9.64. The molecular formula is C33H40Si. The van der Waals surface area contributed by atoms with E-state index in [1.54, 1.807) is 0 Å². The van der Waals surface area contributed by atoms with Gasteiger partial charge in [-0.25, -0.2) is 0 Å². The summed E-state index contributed by atoms with van der Waals surface area (Å²) >= 11 is 0. The molecule has 176 valence electrons. The van der Waals surface area contributed by atoms with Crippen molar-refractivity contribution in [3.8, 4) is 0 Å². The van der Waals surface area contributed by atoms with Gasteiger partial charge in [-0.15, -0.1) is 0 Å². The van der Waals surface area contributed by atoms with Gasteiger partial charge in [0, 0.05) is 0 Å². The van der Waals surface area contributed by atoms with E-state index in [2.05, 4.69) is 146 Å². The van der Waals surface area contributed by atoms with E-state index in [-0.39, 0.29) is 5.41 Å². The van der Waals surface area contributed by atoms with Gasteiger partial charge in [-0.2, -0.15) is 0 Å². The lowest BCUT2D eigenvalue weighted by Gasteiger charge is -2.41. The summed E-state index contributed by atoms with van der Waals surface area (Å²) in [6.07, 6.45) is 7.56. The van der Waals surface area contributed by atoms with Crippen LogP contribution in [-0.2, 0) is 5.41 Å². The molecule has 0 saturated carbocycles. The fourth-order valence-corrected chi connectivity index (χ4v) is 7.52. The second-order valence-electron chi connectivity index (χ2n) is 11.8. The number of aryl methyl sites for hydroxylation is 3. The zero-order valence-electron chi connectivity index (χ0n) is 22.2. The molecular weight excluding hydrogens is 424 g/mol. The van der Waals surface area contributed by atoms with E-state index >= 15 is 0 Å². The molecule has 0 nitrogen and oxygen atoms in total. The minimum Gasteiger partial charge on any atom is -0.0800 e. The molecule has 0 fully saturated rings. The minimum absolute atomic E-state index is 0.326. The predicted octanol–water partition coefficient (Wildman–Crippen LogP) is 9.32. The summed E-state index contributed by atoms with van der Waals surface area (Å²) in [6.45, 7) is 19.0. The summed E-state index contributed by atoms with van der Waals surface area (Å²) < 4.78 is 0. The molecule has 1 heteroatoms. The van der Waals surface area contributed by atoms with Crippen LogP contribution in [0, 0.1) is 20.8 Å². The molecule has 0 amide bonds. The van der Waals surface area contributed by atoms with E-state index in [1.807, 2.05) is 0 Å². The summed E-state index contributed by atoms with van der Waals surface area (Å²) in [6, 6.07) is 27.4. The van der Waals surface area contributed by atoms with Gasteiger partial charge in [0.2, 0.25) is 0 Å². The molecule has 0 radical (unpaired) electrons. The summed E-state index contributed by atoms with van der Waals surface area (Å²) in [4.78, 5) is 0. The Bertz CT molecular complexity index is 1140. The Morgan fingerprint density at radius 1 is 0.647 bits per heavy atom. The first-order valence-electron chi connectivity index (χ1n) is 12.6. The van der Waals surface area contributed by atoms with Crippen LogP contribution >= 0.6 is 0 Å². The van der Waals surface area contributed by atoms with E-state index in [0.717, 1.165) is 0 Å². The Kier molecular flexibility index (Phi) is 6.38. The molecule has 0 spiro atoms. The molecule has 1 unspecified atom stereocenters. The topological polar surface area (TPSA) is 0 Å². The van der Waals surface area contributed by atoms with Crippen LogP contribution in [0.2, 0.25) is 23.7 Å². The Morgan fingerprint density at radius 3 is 1.41 bits per heavy atom. The maximum absolute atomic E-state index is 2.62. The second kappa shape index (κ2) is 8.85. The minimum atomic E-state index is -1.59. The zero-order chi connectivity index (χ0) is 24.7. The van der Waals surface area contributed by atoms with Crippen molar-refractivity contribution >= 4 is 8.07 Å². The quantitative estimate of drug-likeness (QED) is 0.260. The third-order valence-corrected chi connectivity index (χ3v) is 14.3. The third-order valence-electron chi connectivity index (χ3n) is 8.39. The van der Waals surface area contributed by atoms with Crippen LogP contribution in [0.5, 0.6) is 0 Å². The maximum Gasteiger partial charge on any atom is 0.0698 e. The van der Waals surface area contributed by atoms with Gasteiger partial charge < -0.3 is 0 Å². The van der Waals surface area contributed by atoms with Gasteiger partial charge in [-0.3, -0.25) is 0 Å². The molecule has 3 aromatic rings. The van der Waals surface area contributed by atoms with Crippen LogP contribution in [0.25, 0.3) is 0 Å². The number of hydrogen-bond donors (Lipinski definition) is 0. The molecule has 3 aromatic carbocycles.